The Balaban J connectivity index is 1.43. The Labute approximate surface area is 224 Å². The quantitative estimate of drug-likeness (QED) is 0.304. The lowest BCUT2D eigenvalue weighted by Crippen LogP contribution is -2.57. The Morgan fingerprint density at radius 1 is 1.18 bits per heavy atom. The summed E-state index contributed by atoms with van der Waals surface area (Å²) in [6.07, 6.45) is -4.13. The van der Waals surface area contributed by atoms with Crippen molar-refractivity contribution in [3.05, 3.63) is 46.9 Å². The summed E-state index contributed by atoms with van der Waals surface area (Å²) < 4.78 is 75.4. The van der Waals surface area contributed by atoms with Gasteiger partial charge in [-0.25, -0.2) is 26.9 Å². The highest BCUT2D eigenvalue weighted by Gasteiger charge is 2.49. The summed E-state index contributed by atoms with van der Waals surface area (Å²) >= 11 is 5.64. The maximum atomic E-state index is 14.5. The van der Waals surface area contributed by atoms with Gasteiger partial charge in [0.25, 0.3) is 6.43 Å². The van der Waals surface area contributed by atoms with E-state index in [1.165, 1.54) is 36.3 Å². The first-order valence-electron chi connectivity index (χ1n) is 12.0. The fourth-order valence-electron chi connectivity index (χ4n) is 5.04. The summed E-state index contributed by atoms with van der Waals surface area (Å²) in [7, 11) is 1.37. The molecular formula is C23H25ClF4N6O5. The van der Waals surface area contributed by atoms with E-state index in [0.29, 0.717) is 5.69 Å². The number of aromatic nitrogens is 6. The zero-order valence-electron chi connectivity index (χ0n) is 20.5. The molecule has 0 spiro atoms. The van der Waals surface area contributed by atoms with Crippen LogP contribution in [0.15, 0.2) is 24.5 Å². The molecule has 0 bridgehead atoms. The summed E-state index contributed by atoms with van der Waals surface area (Å²) in [5.41, 5.74) is -1.56. The largest absolute Gasteiger partial charge is 0.394 e. The Kier molecular flexibility index (Phi) is 7.90. The molecule has 2 aliphatic rings. The van der Waals surface area contributed by atoms with Crippen molar-refractivity contribution in [1.29, 1.82) is 0 Å². The number of aliphatic hydroxyl groups excluding tert-OH is 2. The molecule has 0 amide bonds. The van der Waals surface area contributed by atoms with E-state index in [1.54, 1.807) is 0 Å². The standard InChI is InChI=1S/C23H25ClF4N6O5/c1-37-21-15(6-11-7-34(32-29-11)23(22(27)28)4-5-38-10-23)39-16(9-35)20(36)19(21)33-8-14(30-31-33)12-2-3-13(24)18(26)17(12)25/h2-3,7-8,15-16,19-22,35-36H,4-6,9-10H2,1H3/t15-,16-,19+,20+,21+,23+/m1/s1. The van der Waals surface area contributed by atoms with Crippen molar-refractivity contribution in [3.63, 3.8) is 0 Å². The lowest BCUT2D eigenvalue weighted by molar-refractivity contribution is -0.212. The van der Waals surface area contributed by atoms with Gasteiger partial charge >= 0.3 is 0 Å². The number of aliphatic hydroxyl groups is 2. The van der Waals surface area contributed by atoms with Crippen LogP contribution in [0.3, 0.4) is 0 Å². The summed E-state index contributed by atoms with van der Waals surface area (Å²) in [6.45, 7) is -0.607. The fraction of sp³-hybridized carbons (Fsp3) is 0.565. The van der Waals surface area contributed by atoms with E-state index in [1.807, 2.05) is 0 Å². The highest BCUT2D eigenvalue weighted by molar-refractivity contribution is 6.30. The molecule has 1 aromatic carbocycles. The Morgan fingerprint density at radius 3 is 2.64 bits per heavy atom. The van der Waals surface area contributed by atoms with Gasteiger partial charge in [-0.15, -0.1) is 10.2 Å². The van der Waals surface area contributed by atoms with Crippen molar-refractivity contribution in [3.8, 4) is 11.3 Å². The normalized spacial score (nSPS) is 29.4. The second-order valence-electron chi connectivity index (χ2n) is 9.45. The van der Waals surface area contributed by atoms with Crippen LogP contribution in [-0.4, -0.2) is 98.0 Å². The lowest BCUT2D eigenvalue weighted by Gasteiger charge is -2.43. The second kappa shape index (κ2) is 11.1. The summed E-state index contributed by atoms with van der Waals surface area (Å²) in [6, 6.07) is 1.43. The molecule has 2 saturated heterocycles. The van der Waals surface area contributed by atoms with Crippen LogP contribution in [0.5, 0.6) is 0 Å². The number of nitrogens with zero attached hydrogens (tertiary/aromatic N) is 6. The second-order valence-corrected chi connectivity index (χ2v) is 9.86. The first-order valence-corrected chi connectivity index (χ1v) is 12.4. The number of rotatable bonds is 8. The van der Waals surface area contributed by atoms with Crippen molar-refractivity contribution in [2.75, 3.05) is 26.9 Å². The van der Waals surface area contributed by atoms with E-state index < -0.39 is 65.7 Å². The van der Waals surface area contributed by atoms with Gasteiger partial charge < -0.3 is 24.4 Å². The van der Waals surface area contributed by atoms with Crippen molar-refractivity contribution >= 4 is 11.6 Å². The molecule has 0 aliphatic carbocycles. The van der Waals surface area contributed by atoms with E-state index in [2.05, 4.69) is 20.6 Å². The Morgan fingerprint density at radius 2 is 1.97 bits per heavy atom. The molecular weight excluding hydrogens is 552 g/mol. The highest BCUT2D eigenvalue weighted by atomic mass is 35.5. The van der Waals surface area contributed by atoms with Crippen molar-refractivity contribution in [2.45, 2.75) is 55.3 Å². The molecule has 11 nitrogen and oxygen atoms in total. The zero-order valence-corrected chi connectivity index (χ0v) is 21.3. The number of methoxy groups -OCH3 is 1. The van der Waals surface area contributed by atoms with Gasteiger partial charge in [-0.2, -0.15) is 0 Å². The molecule has 16 heteroatoms. The van der Waals surface area contributed by atoms with Crippen molar-refractivity contribution in [1.82, 2.24) is 30.0 Å². The van der Waals surface area contributed by atoms with E-state index in [9.17, 15) is 27.8 Å². The summed E-state index contributed by atoms with van der Waals surface area (Å²) in [5.74, 6) is -2.45. The SMILES string of the molecule is CO[C@@H]1[C@@H](n2cc(-c3ccc(Cl)c(F)c3F)nn2)[C@@H](O)[C@@H](CO)O[C@@H]1Cc1cn([C@@]2(C(F)F)CCOC2)nn1. The third kappa shape index (κ3) is 4.91. The molecule has 212 valence electrons. The predicted molar refractivity (Wildman–Crippen MR) is 125 cm³/mol. The van der Waals surface area contributed by atoms with Gasteiger partial charge in [-0.3, -0.25) is 0 Å². The zero-order chi connectivity index (χ0) is 27.9. The van der Waals surface area contributed by atoms with Crippen LogP contribution < -0.4 is 0 Å². The van der Waals surface area contributed by atoms with E-state index in [0.717, 1.165) is 4.68 Å². The van der Waals surface area contributed by atoms with Crippen LogP contribution in [0, 0.1) is 11.6 Å². The molecule has 0 unspecified atom stereocenters. The van der Waals surface area contributed by atoms with Gasteiger partial charge in [0, 0.05) is 38.3 Å². The van der Waals surface area contributed by atoms with E-state index >= 15 is 0 Å². The molecule has 4 heterocycles. The fourth-order valence-corrected chi connectivity index (χ4v) is 5.18. The predicted octanol–water partition coefficient (Wildman–Crippen LogP) is 1.77. The number of halogens is 5. The lowest BCUT2D eigenvalue weighted by atomic mass is 9.90. The van der Waals surface area contributed by atoms with Crippen LogP contribution in [0.4, 0.5) is 17.6 Å². The van der Waals surface area contributed by atoms with Crippen molar-refractivity contribution in [2.24, 2.45) is 0 Å². The molecule has 3 aromatic rings. The van der Waals surface area contributed by atoms with Crippen LogP contribution in [0.25, 0.3) is 11.3 Å². The van der Waals surface area contributed by atoms with Gasteiger partial charge in [-0.05, 0) is 12.1 Å². The van der Waals surface area contributed by atoms with Gasteiger partial charge in [0.15, 0.2) is 17.2 Å². The maximum Gasteiger partial charge on any atom is 0.265 e. The van der Waals surface area contributed by atoms with Gasteiger partial charge in [-0.1, -0.05) is 22.0 Å². The third-order valence-corrected chi connectivity index (χ3v) is 7.50. The van der Waals surface area contributed by atoms with Crippen LogP contribution in [0.2, 0.25) is 5.02 Å². The molecule has 0 radical (unpaired) electrons. The Hall–Kier alpha value is -2.69. The number of hydrogen-bond donors (Lipinski definition) is 2. The highest BCUT2D eigenvalue weighted by Crippen LogP contribution is 2.36. The topological polar surface area (TPSA) is 130 Å². The smallest absolute Gasteiger partial charge is 0.265 e. The molecule has 6 atom stereocenters. The van der Waals surface area contributed by atoms with Crippen LogP contribution in [0.1, 0.15) is 18.2 Å². The average Bonchev–Trinajstić information content (AvgIpc) is 3.69. The molecule has 5 rings (SSSR count). The van der Waals surface area contributed by atoms with Crippen LogP contribution in [-0.2, 0) is 26.2 Å². The van der Waals surface area contributed by atoms with Gasteiger partial charge in [0.1, 0.15) is 30.0 Å². The number of alkyl halides is 2. The number of ether oxygens (including phenoxy) is 3. The minimum Gasteiger partial charge on any atom is -0.394 e. The molecule has 39 heavy (non-hydrogen) atoms. The van der Waals surface area contributed by atoms with E-state index in [-0.39, 0.29) is 37.3 Å². The Bertz CT molecular complexity index is 1310. The minimum atomic E-state index is -2.73. The molecule has 2 fully saturated rings. The van der Waals surface area contributed by atoms with E-state index in [4.69, 9.17) is 25.8 Å². The van der Waals surface area contributed by atoms with Crippen LogP contribution >= 0.6 is 11.6 Å². The summed E-state index contributed by atoms with van der Waals surface area (Å²) in [4.78, 5) is 0. The molecule has 2 aliphatic heterocycles. The summed E-state index contributed by atoms with van der Waals surface area (Å²) in [5, 5.41) is 36.3. The maximum absolute atomic E-state index is 14.5. The van der Waals surface area contributed by atoms with Crippen molar-refractivity contribution < 1.29 is 42.0 Å². The monoisotopic (exact) mass is 576 g/mol. The third-order valence-electron chi connectivity index (χ3n) is 7.21. The first kappa shape index (κ1) is 27.9. The molecule has 0 saturated carbocycles. The van der Waals surface area contributed by atoms with Gasteiger partial charge in [0.2, 0.25) is 0 Å². The number of hydrogen-bond acceptors (Lipinski definition) is 9. The number of benzene rings is 1. The minimum absolute atomic E-state index is 0.0248. The molecule has 2 aromatic heterocycles. The first-order chi connectivity index (χ1) is 18.7. The van der Waals surface area contributed by atoms with Gasteiger partial charge in [0.05, 0.1) is 36.2 Å². The molecule has 2 N–H and O–H groups in total. The average molecular weight is 577 g/mol.